The van der Waals surface area contributed by atoms with Gasteiger partial charge in [-0.3, -0.25) is 9.78 Å². The second-order valence-corrected chi connectivity index (χ2v) is 3.48. The number of carbonyl (C=O) groups excluding carboxylic acids is 1. The second-order valence-electron chi connectivity index (χ2n) is 3.48. The van der Waals surface area contributed by atoms with E-state index in [0.29, 0.717) is 18.1 Å². The van der Waals surface area contributed by atoms with Gasteiger partial charge in [0.1, 0.15) is 0 Å². The van der Waals surface area contributed by atoms with Crippen molar-refractivity contribution >= 4 is 5.97 Å². The fourth-order valence-electron chi connectivity index (χ4n) is 1.49. The molecule has 0 bridgehead atoms. The smallest absolute Gasteiger partial charge is 0.317 e. The van der Waals surface area contributed by atoms with Crippen molar-refractivity contribution in [2.75, 3.05) is 0 Å². The van der Waals surface area contributed by atoms with E-state index < -0.39 is 0 Å². The first-order valence-corrected chi connectivity index (χ1v) is 4.37. The van der Waals surface area contributed by atoms with Crippen LogP contribution in [0.15, 0.2) is 12.3 Å². The number of esters is 1. The summed E-state index contributed by atoms with van der Waals surface area (Å²) in [7, 11) is 0. The number of rotatable bonds is 1. The van der Waals surface area contributed by atoms with Gasteiger partial charge in [-0.15, -0.1) is 0 Å². The first-order chi connectivity index (χ1) is 6.18. The molecular weight excluding hydrogens is 166 g/mol. The highest BCUT2D eigenvalue weighted by Crippen LogP contribution is 2.32. The lowest BCUT2D eigenvalue weighted by Gasteiger charge is -2.08. The van der Waals surface area contributed by atoms with Crippen LogP contribution in [0.2, 0.25) is 0 Å². The summed E-state index contributed by atoms with van der Waals surface area (Å²) in [5.41, 5.74) is 1.84. The van der Waals surface area contributed by atoms with Crippen LogP contribution >= 0.6 is 0 Å². The topological polar surface area (TPSA) is 39.2 Å². The summed E-state index contributed by atoms with van der Waals surface area (Å²) in [6, 6.07) is 1.90. The maximum absolute atomic E-state index is 11.0. The van der Waals surface area contributed by atoms with Crippen LogP contribution in [0.3, 0.4) is 0 Å². The van der Waals surface area contributed by atoms with Crippen molar-refractivity contribution in [3.8, 4) is 5.75 Å². The quantitative estimate of drug-likeness (QED) is 0.612. The van der Waals surface area contributed by atoms with Crippen molar-refractivity contribution in [3.05, 3.63) is 23.5 Å². The molecule has 0 unspecified atom stereocenters. The molecule has 0 N–H and O–H groups in total. The molecule has 0 saturated carbocycles. The average molecular weight is 177 g/mol. The number of carbonyl (C=O) groups is 1. The second kappa shape index (κ2) is 2.83. The number of aromatic nitrogens is 1. The largest absolute Gasteiger partial charge is 0.424 e. The van der Waals surface area contributed by atoms with E-state index in [1.165, 1.54) is 0 Å². The van der Waals surface area contributed by atoms with Crippen LogP contribution < -0.4 is 4.74 Å². The highest BCUT2D eigenvalue weighted by atomic mass is 16.5. The molecule has 0 aromatic carbocycles. The Morgan fingerprint density at radius 3 is 3.00 bits per heavy atom. The molecule has 13 heavy (non-hydrogen) atoms. The fourth-order valence-corrected chi connectivity index (χ4v) is 1.49. The summed E-state index contributed by atoms with van der Waals surface area (Å²) in [6.45, 7) is 4.14. The monoisotopic (exact) mass is 177 g/mol. The Balaban J connectivity index is 2.51. The van der Waals surface area contributed by atoms with E-state index in [9.17, 15) is 4.79 Å². The zero-order chi connectivity index (χ0) is 9.42. The maximum atomic E-state index is 11.0. The number of pyridine rings is 1. The summed E-state index contributed by atoms with van der Waals surface area (Å²) in [6.07, 6.45) is 2.05. The Kier molecular flexibility index (Phi) is 1.79. The third-order valence-corrected chi connectivity index (χ3v) is 2.16. The molecule has 0 spiro atoms. The summed E-state index contributed by atoms with van der Waals surface area (Å²) < 4.78 is 5.10. The Morgan fingerprint density at radius 1 is 1.54 bits per heavy atom. The predicted octanol–water partition coefficient (Wildman–Crippen LogP) is 1.67. The standard InChI is InChI=1S/C10H11NO2/c1-6(2)7-3-4-11-8-5-9(12)13-10(7)8/h3-4,6H,5H2,1-2H3. The van der Waals surface area contributed by atoms with E-state index in [-0.39, 0.29) is 5.97 Å². The lowest BCUT2D eigenvalue weighted by Crippen LogP contribution is -2.01. The van der Waals surface area contributed by atoms with Gasteiger partial charge in [0, 0.05) is 11.8 Å². The van der Waals surface area contributed by atoms with Crippen LogP contribution in [0.5, 0.6) is 5.75 Å². The minimum absolute atomic E-state index is 0.199. The minimum Gasteiger partial charge on any atom is -0.424 e. The third kappa shape index (κ3) is 1.30. The minimum atomic E-state index is -0.199. The van der Waals surface area contributed by atoms with Crippen LogP contribution in [0.1, 0.15) is 31.0 Å². The van der Waals surface area contributed by atoms with Gasteiger partial charge in [0.2, 0.25) is 0 Å². The van der Waals surface area contributed by atoms with Gasteiger partial charge < -0.3 is 4.74 Å². The molecule has 3 nitrogen and oxygen atoms in total. The molecule has 1 aliphatic rings. The van der Waals surface area contributed by atoms with Crippen LogP contribution in [0.25, 0.3) is 0 Å². The average Bonchev–Trinajstić information content (AvgIpc) is 2.43. The van der Waals surface area contributed by atoms with E-state index in [1.54, 1.807) is 6.20 Å². The van der Waals surface area contributed by atoms with Crippen LogP contribution in [0, 0.1) is 0 Å². The highest BCUT2D eigenvalue weighted by molar-refractivity contribution is 5.80. The Labute approximate surface area is 76.7 Å². The molecule has 0 amide bonds. The number of hydrogen-bond donors (Lipinski definition) is 0. The Bertz CT molecular complexity index is 358. The third-order valence-electron chi connectivity index (χ3n) is 2.16. The van der Waals surface area contributed by atoms with Crippen LogP contribution in [-0.4, -0.2) is 11.0 Å². The zero-order valence-corrected chi connectivity index (χ0v) is 7.70. The van der Waals surface area contributed by atoms with Gasteiger partial charge in [-0.25, -0.2) is 0 Å². The first kappa shape index (κ1) is 8.23. The van der Waals surface area contributed by atoms with Crippen molar-refractivity contribution in [2.45, 2.75) is 26.2 Å². The molecule has 0 fully saturated rings. The molecule has 1 aromatic heterocycles. The van der Waals surface area contributed by atoms with Gasteiger partial charge in [-0.05, 0) is 12.0 Å². The number of nitrogens with zero attached hydrogens (tertiary/aromatic N) is 1. The molecule has 2 rings (SSSR count). The van der Waals surface area contributed by atoms with Crippen LogP contribution in [-0.2, 0) is 11.2 Å². The Morgan fingerprint density at radius 2 is 2.31 bits per heavy atom. The van der Waals surface area contributed by atoms with Crippen molar-refractivity contribution < 1.29 is 9.53 Å². The Hall–Kier alpha value is -1.38. The van der Waals surface area contributed by atoms with Gasteiger partial charge in [0.25, 0.3) is 0 Å². The fraction of sp³-hybridized carbons (Fsp3) is 0.400. The van der Waals surface area contributed by atoms with Crippen molar-refractivity contribution in [1.82, 2.24) is 4.98 Å². The normalized spacial score (nSPS) is 14.5. The lowest BCUT2D eigenvalue weighted by molar-refractivity contribution is -0.131. The number of hydrogen-bond acceptors (Lipinski definition) is 3. The van der Waals surface area contributed by atoms with E-state index >= 15 is 0 Å². The molecule has 0 atom stereocenters. The molecular formula is C10H11NO2. The SMILES string of the molecule is CC(C)c1ccnc2c1OC(=O)C2. The van der Waals surface area contributed by atoms with E-state index in [0.717, 1.165) is 11.3 Å². The zero-order valence-electron chi connectivity index (χ0n) is 7.70. The predicted molar refractivity (Wildman–Crippen MR) is 47.7 cm³/mol. The summed E-state index contributed by atoms with van der Waals surface area (Å²) >= 11 is 0. The molecule has 0 aliphatic carbocycles. The molecule has 3 heteroatoms. The van der Waals surface area contributed by atoms with Gasteiger partial charge in [0.05, 0.1) is 12.1 Å². The molecule has 0 radical (unpaired) electrons. The lowest BCUT2D eigenvalue weighted by atomic mass is 10.0. The van der Waals surface area contributed by atoms with E-state index in [2.05, 4.69) is 18.8 Å². The van der Waals surface area contributed by atoms with Gasteiger partial charge in [0.15, 0.2) is 5.75 Å². The number of ether oxygens (including phenoxy) is 1. The summed E-state index contributed by atoms with van der Waals surface area (Å²) in [5.74, 6) is 0.848. The molecule has 68 valence electrons. The van der Waals surface area contributed by atoms with Crippen molar-refractivity contribution in [2.24, 2.45) is 0 Å². The maximum Gasteiger partial charge on any atom is 0.317 e. The van der Waals surface area contributed by atoms with Crippen LogP contribution in [0.4, 0.5) is 0 Å². The van der Waals surface area contributed by atoms with Gasteiger partial charge >= 0.3 is 5.97 Å². The van der Waals surface area contributed by atoms with Gasteiger partial charge in [-0.2, -0.15) is 0 Å². The molecule has 2 heterocycles. The highest BCUT2D eigenvalue weighted by Gasteiger charge is 2.25. The van der Waals surface area contributed by atoms with Crippen molar-refractivity contribution in [3.63, 3.8) is 0 Å². The van der Waals surface area contributed by atoms with Crippen molar-refractivity contribution in [1.29, 1.82) is 0 Å². The summed E-state index contributed by atoms with van der Waals surface area (Å²) in [5, 5.41) is 0. The molecule has 0 saturated heterocycles. The van der Waals surface area contributed by atoms with E-state index in [4.69, 9.17) is 4.74 Å². The van der Waals surface area contributed by atoms with Gasteiger partial charge in [-0.1, -0.05) is 13.8 Å². The summed E-state index contributed by atoms with van der Waals surface area (Å²) in [4.78, 5) is 15.1. The van der Waals surface area contributed by atoms with E-state index in [1.807, 2.05) is 6.07 Å². The molecule has 1 aliphatic heterocycles. The molecule has 1 aromatic rings. The first-order valence-electron chi connectivity index (χ1n) is 4.37. The number of fused-ring (bicyclic) bond motifs is 1.